The number of hydrogen-bond acceptors (Lipinski definition) is 2. The second-order valence-electron chi connectivity index (χ2n) is 6.38. The molecule has 0 amide bonds. The molecule has 1 aromatic rings. The van der Waals surface area contributed by atoms with Gasteiger partial charge in [0.1, 0.15) is 0 Å². The molecule has 0 saturated heterocycles. The van der Waals surface area contributed by atoms with Crippen LogP contribution in [0.15, 0.2) is 29.3 Å². The quantitative estimate of drug-likeness (QED) is 0.378. The van der Waals surface area contributed by atoms with Crippen LogP contribution in [0.2, 0.25) is 5.02 Å². The molecule has 0 aliphatic carbocycles. The largest absolute Gasteiger partial charge is 0.357 e. The van der Waals surface area contributed by atoms with E-state index >= 15 is 0 Å². The average molecular weight is 486 g/mol. The smallest absolute Gasteiger partial charge is 0.193 e. The van der Waals surface area contributed by atoms with Crippen LogP contribution in [-0.4, -0.2) is 45.7 Å². The lowest BCUT2D eigenvalue weighted by atomic mass is 10.2. The van der Waals surface area contributed by atoms with E-state index in [9.17, 15) is 4.21 Å². The molecule has 1 atom stereocenters. The van der Waals surface area contributed by atoms with Crippen LogP contribution in [0.25, 0.3) is 0 Å². The van der Waals surface area contributed by atoms with Gasteiger partial charge in [0.2, 0.25) is 0 Å². The lowest BCUT2D eigenvalue weighted by molar-refractivity contribution is 0.477. The van der Waals surface area contributed by atoms with E-state index in [1.54, 1.807) is 0 Å². The van der Waals surface area contributed by atoms with E-state index in [-0.39, 0.29) is 28.7 Å². The highest BCUT2D eigenvalue weighted by molar-refractivity contribution is 14.0. The van der Waals surface area contributed by atoms with E-state index in [0.29, 0.717) is 12.3 Å². The summed E-state index contributed by atoms with van der Waals surface area (Å²) in [6, 6.07) is 7.81. The van der Waals surface area contributed by atoms with E-state index in [1.165, 1.54) is 0 Å². The van der Waals surface area contributed by atoms with Crippen LogP contribution in [0.4, 0.5) is 0 Å². The van der Waals surface area contributed by atoms with E-state index in [1.807, 2.05) is 59.0 Å². The first kappa shape index (κ1) is 23.7. The molecule has 0 fully saturated rings. The van der Waals surface area contributed by atoms with Crippen LogP contribution >= 0.6 is 35.6 Å². The highest BCUT2D eigenvalue weighted by Gasteiger charge is 2.18. The molecular formula is C17H29ClIN3OS. The van der Waals surface area contributed by atoms with Crippen LogP contribution in [0.1, 0.15) is 33.3 Å². The standard InChI is InChI=1S/C17H28ClN3OS.HI/c1-6-19-16(20-10-11-23(22)17(2,3)4)21(5)13-14-8-7-9-15(18)12-14;/h7-9,12H,6,10-11,13H2,1-5H3,(H,19,20);1H. The van der Waals surface area contributed by atoms with Gasteiger partial charge in [0.05, 0.1) is 6.54 Å². The number of hydrogen-bond donors (Lipinski definition) is 1. The number of aliphatic imine (C=N–C) groups is 1. The maximum absolute atomic E-state index is 12.1. The summed E-state index contributed by atoms with van der Waals surface area (Å²) in [5, 5.41) is 4.01. The molecule has 138 valence electrons. The minimum atomic E-state index is -0.883. The van der Waals surface area contributed by atoms with Crippen molar-refractivity contribution in [1.82, 2.24) is 10.2 Å². The highest BCUT2D eigenvalue weighted by atomic mass is 127. The molecule has 0 aliphatic heterocycles. The third-order valence-electron chi connectivity index (χ3n) is 3.23. The predicted octanol–water partition coefficient (Wildman–Crippen LogP) is 3.90. The molecule has 1 N–H and O–H groups in total. The molecule has 0 spiro atoms. The van der Waals surface area contributed by atoms with Gasteiger partial charge in [0.15, 0.2) is 5.96 Å². The van der Waals surface area contributed by atoms with Crippen molar-refractivity contribution in [2.75, 3.05) is 25.9 Å². The van der Waals surface area contributed by atoms with Crippen molar-refractivity contribution in [3.05, 3.63) is 34.9 Å². The molecule has 7 heteroatoms. The molecule has 0 aromatic heterocycles. The Hall–Kier alpha value is -0.340. The van der Waals surface area contributed by atoms with Gasteiger partial charge in [-0.15, -0.1) is 24.0 Å². The number of nitrogens with zero attached hydrogens (tertiary/aromatic N) is 2. The van der Waals surface area contributed by atoms with Crippen molar-refractivity contribution >= 4 is 52.3 Å². The summed E-state index contributed by atoms with van der Waals surface area (Å²) < 4.78 is 11.9. The number of nitrogens with one attached hydrogen (secondary N) is 1. The van der Waals surface area contributed by atoms with Crippen molar-refractivity contribution in [1.29, 1.82) is 0 Å². The lowest BCUT2D eigenvalue weighted by Crippen LogP contribution is -2.39. The Morgan fingerprint density at radius 2 is 2.04 bits per heavy atom. The van der Waals surface area contributed by atoms with Crippen LogP contribution < -0.4 is 5.32 Å². The first-order chi connectivity index (χ1) is 10.7. The Morgan fingerprint density at radius 1 is 1.38 bits per heavy atom. The fraction of sp³-hybridized carbons (Fsp3) is 0.588. The third-order valence-corrected chi connectivity index (χ3v) is 5.38. The van der Waals surface area contributed by atoms with Gasteiger partial charge < -0.3 is 10.2 Å². The Labute approximate surface area is 170 Å². The molecular weight excluding hydrogens is 457 g/mol. The van der Waals surface area contributed by atoms with Crippen LogP contribution in [0.3, 0.4) is 0 Å². The Morgan fingerprint density at radius 3 is 2.58 bits per heavy atom. The second-order valence-corrected chi connectivity index (χ2v) is 9.14. The van der Waals surface area contributed by atoms with Gasteiger partial charge in [-0.25, -0.2) is 0 Å². The predicted molar refractivity (Wildman–Crippen MR) is 117 cm³/mol. The number of guanidine groups is 1. The minimum absolute atomic E-state index is 0. The molecule has 0 heterocycles. The zero-order valence-electron chi connectivity index (χ0n) is 15.1. The first-order valence-electron chi connectivity index (χ1n) is 7.86. The summed E-state index contributed by atoms with van der Waals surface area (Å²) in [5.41, 5.74) is 1.13. The first-order valence-corrected chi connectivity index (χ1v) is 9.56. The molecule has 4 nitrogen and oxygen atoms in total. The maximum Gasteiger partial charge on any atom is 0.193 e. The third kappa shape index (κ3) is 8.67. The van der Waals surface area contributed by atoms with Crippen molar-refractivity contribution < 1.29 is 4.21 Å². The fourth-order valence-corrected chi connectivity index (χ4v) is 3.08. The van der Waals surface area contributed by atoms with E-state index in [2.05, 4.69) is 15.2 Å². The SMILES string of the molecule is CCNC(=NCCS(=O)C(C)(C)C)N(C)Cc1cccc(Cl)c1.I. The van der Waals surface area contributed by atoms with Gasteiger partial charge in [-0.1, -0.05) is 23.7 Å². The van der Waals surface area contributed by atoms with E-state index in [4.69, 9.17) is 11.6 Å². The molecule has 0 aliphatic rings. The summed E-state index contributed by atoms with van der Waals surface area (Å²) in [5.74, 6) is 1.39. The Bertz CT molecular complexity index is 561. The van der Waals surface area contributed by atoms with Crippen molar-refractivity contribution in [2.24, 2.45) is 4.99 Å². The Kier molecular flexibility index (Phi) is 11.1. The number of halogens is 2. The van der Waals surface area contributed by atoms with E-state index in [0.717, 1.165) is 29.6 Å². The van der Waals surface area contributed by atoms with Gasteiger partial charge in [-0.3, -0.25) is 9.20 Å². The van der Waals surface area contributed by atoms with Gasteiger partial charge in [-0.2, -0.15) is 0 Å². The molecule has 0 saturated carbocycles. The van der Waals surface area contributed by atoms with Crippen LogP contribution in [0, 0.1) is 0 Å². The molecule has 1 rings (SSSR count). The molecule has 24 heavy (non-hydrogen) atoms. The Balaban J connectivity index is 0.00000529. The summed E-state index contributed by atoms with van der Waals surface area (Å²) in [7, 11) is 1.11. The van der Waals surface area contributed by atoms with Gasteiger partial charge in [0.25, 0.3) is 0 Å². The lowest BCUT2D eigenvalue weighted by Gasteiger charge is -2.22. The van der Waals surface area contributed by atoms with Crippen LogP contribution in [-0.2, 0) is 17.3 Å². The zero-order chi connectivity index (χ0) is 17.5. The second kappa shape index (κ2) is 11.3. The normalized spacial score (nSPS) is 13.2. The summed E-state index contributed by atoms with van der Waals surface area (Å²) in [6.07, 6.45) is 0. The zero-order valence-corrected chi connectivity index (χ0v) is 19.0. The van der Waals surface area contributed by atoms with E-state index < -0.39 is 10.8 Å². The number of rotatable bonds is 6. The van der Waals surface area contributed by atoms with Crippen molar-refractivity contribution in [3.8, 4) is 0 Å². The summed E-state index contributed by atoms with van der Waals surface area (Å²) >= 11 is 6.03. The summed E-state index contributed by atoms with van der Waals surface area (Å²) in [6.45, 7) is 10.1. The topological polar surface area (TPSA) is 44.7 Å². The average Bonchev–Trinajstić information content (AvgIpc) is 2.45. The maximum atomic E-state index is 12.1. The van der Waals surface area contributed by atoms with Crippen molar-refractivity contribution in [3.63, 3.8) is 0 Å². The molecule has 1 aromatic carbocycles. The number of benzene rings is 1. The monoisotopic (exact) mass is 485 g/mol. The van der Waals surface area contributed by atoms with Gasteiger partial charge in [-0.05, 0) is 45.4 Å². The fourth-order valence-electron chi connectivity index (χ4n) is 1.99. The van der Waals surface area contributed by atoms with Crippen LogP contribution in [0.5, 0.6) is 0 Å². The van der Waals surface area contributed by atoms with Crippen molar-refractivity contribution in [2.45, 2.75) is 39.0 Å². The summed E-state index contributed by atoms with van der Waals surface area (Å²) in [4.78, 5) is 6.64. The minimum Gasteiger partial charge on any atom is -0.357 e. The van der Waals surface area contributed by atoms with Gasteiger partial charge in [0, 0.05) is 46.5 Å². The van der Waals surface area contributed by atoms with Gasteiger partial charge >= 0.3 is 0 Å². The molecule has 0 bridgehead atoms. The molecule has 0 radical (unpaired) electrons. The highest BCUT2D eigenvalue weighted by Crippen LogP contribution is 2.13. The molecule has 1 unspecified atom stereocenters.